The number of ether oxygens (including phenoxy) is 1. The van der Waals surface area contributed by atoms with Crippen molar-refractivity contribution < 1.29 is 25.3 Å². The number of aliphatic hydroxyl groups is 3. The average Bonchev–Trinajstić information content (AvgIpc) is 2.68. The largest absolute Gasteiger partial charge is 0.733 e. The monoisotopic (exact) mass is 285 g/mol. The maximum absolute atomic E-state index is 11.1. The number of rotatable bonds is 4. The molecule has 1 aromatic carbocycles. The molecule has 0 aliphatic carbocycles. The highest BCUT2D eigenvalue weighted by Gasteiger charge is 2.42. The van der Waals surface area contributed by atoms with Crippen molar-refractivity contribution in [2.45, 2.75) is 31.5 Å². The maximum Gasteiger partial charge on any atom is 0.157 e. The van der Waals surface area contributed by atoms with Crippen LogP contribution in [0, 0.1) is 12.1 Å². The van der Waals surface area contributed by atoms with Gasteiger partial charge in [-0.2, -0.15) is 0 Å². The van der Waals surface area contributed by atoms with Crippen LogP contribution in [-0.4, -0.2) is 51.7 Å². The van der Waals surface area contributed by atoms with Crippen LogP contribution in [-0.2, 0) is 4.74 Å². The molecular weight excluding hydrogens is 268 g/mol. The van der Waals surface area contributed by atoms with E-state index in [1.165, 1.54) is 6.07 Å². The summed E-state index contributed by atoms with van der Waals surface area (Å²) in [5.41, 5.74) is 0.965. The molecule has 8 nitrogen and oxygen atoms in total. The fourth-order valence-corrected chi connectivity index (χ4v) is 2.09. The second-order valence-corrected chi connectivity index (χ2v) is 4.70. The number of hydrogen-bond donors (Lipinski definition) is 5. The van der Waals surface area contributed by atoms with Crippen LogP contribution in [0.4, 0.5) is 11.4 Å². The smallest absolute Gasteiger partial charge is 0.157 e. The van der Waals surface area contributed by atoms with Crippen LogP contribution < -0.4 is 10.5 Å². The van der Waals surface area contributed by atoms with Gasteiger partial charge in [0.05, 0.1) is 18.0 Å². The quantitative estimate of drug-likeness (QED) is 0.470. The van der Waals surface area contributed by atoms with Gasteiger partial charge < -0.3 is 35.8 Å². The van der Waals surface area contributed by atoms with E-state index >= 15 is 0 Å². The Hall–Kier alpha value is -1.42. The van der Waals surface area contributed by atoms with Crippen LogP contribution in [0.3, 0.4) is 0 Å². The van der Waals surface area contributed by atoms with E-state index in [9.17, 15) is 15.4 Å². The molecule has 0 bridgehead atoms. The summed E-state index contributed by atoms with van der Waals surface area (Å²) in [4.78, 5) is 0. The van der Waals surface area contributed by atoms with Gasteiger partial charge in [-0.05, 0) is 24.6 Å². The van der Waals surface area contributed by atoms with Gasteiger partial charge in [-0.3, -0.25) is 5.21 Å². The molecule has 0 saturated carbocycles. The lowest BCUT2D eigenvalue weighted by molar-refractivity contribution is -0.0153. The van der Waals surface area contributed by atoms with Gasteiger partial charge in [-0.15, -0.1) is 0 Å². The van der Waals surface area contributed by atoms with Gasteiger partial charge in [0.25, 0.3) is 0 Å². The SMILES string of the molecule is Cc1ccc(N[C@H]2O[C@H](CO)[C@@H](O)[C@H]2O)c(N([O-])O)c1. The molecule has 0 unspecified atom stereocenters. The van der Waals surface area contributed by atoms with Gasteiger partial charge >= 0.3 is 0 Å². The summed E-state index contributed by atoms with van der Waals surface area (Å²) in [6.45, 7) is 1.31. The summed E-state index contributed by atoms with van der Waals surface area (Å²) in [5.74, 6) is 0. The summed E-state index contributed by atoms with van der Waals surface area (Å²) < 4.78 is 5.24. The summed E-state index contributed by atoms with van der Waals surface area (Å²) >= 11 is 0. The van der Waals surface area contributed by atoms with Crippen LogP contribution in [0.1, 0.15) is 5.56 Å². The Morgan fingerprint density at radius 1 is 1.35 bits per heavy atom. The van der Waals surface area contributed by atoms with Gasteiger partial charge in [0, 0.05) is 0 Å². The molecule has 1 fully saturated rings. The number of aliphatic hydroxyl groups excluding tert-OH is 3. The molecule has 1 aliphatic heterocycles. The lowest BCUT2D eigenvalue weighted by Gasteiger charge is -2.27. The first-order valence-corrected chi connectivity index (χ1v) is 6.10. The Labute approximate surface area is 115 Å². The molecule has 5 N–H and O–H groups in total. The summed E-state index contributed by atoms with van der Waals surface area (Å²) in [5, 5.41) is 51.0. The Morgan fingerprint density at radius 2 is 2.05 bits per heavy atom. The highest BCUT2D eigenvalue weighted by atomic mass is 16.8. The van der Waals surface area contributed by atoms with Gasteiger partial charge in [0.15, 0.2) is 6.23 Å². The van der Waals surface area contributed by atoms with Gasteiger partial charge in [0.2, 0.25) is 0 Å². The van der Waals surface area contributed by atoms with E-state index in [0.717, 1.165) is 5.56 Å². The molecule has 4 atom stereocenters. The molecule has 0 spiro atoms. The van der Waals surface area contributed by atoms with Gasteiger partial charge in [-0.25, -0.2) is 0 Å². The molecule has 1 aliphatic rings. The summed E-state index contributed by atoms with van der Waals surface area (Å²) in [7, 11) is 0. The molecule has 0 amide bonds. The van der Waals surface area contributed by atoms with Crippen molar-refractivity contribution in [1.82, 2.24) is 0 Å². The summed E-state index contributed by atoms with van der Waals surface area (Å²) in [6.07, 6.45) is -4.40. The maximum atomic E-state index is 11.1. The molecule has 1 saturated heterocycles. The van der Waals surface area contributed by atoms with Crippen molar-refractivity contribution >= 4 is 11.4 Å². The van der Waals surface area contributed by atoms with E-state index in [1.54, 1.807) is 19.1 Å². The average molecular weight is 285 g/mol. The van der Waals surface area contributed by atoms with Crippen molar-refractivity contribution in [2.24, 2.45) is 0 Å². The highest BCUT2D eigenvalue weighted by molar-refractivity contribution is 5.70. The van der Waals surface area contributed by atoms with E-state index in [2.05, 4.69) is 5.32 Å². The zero-order chi connectivity index (χ0) is 14.9. The fraction of sp³-hybridized carbons (Fsp3) is 0.500. The summed E-state index contributed by atoms with van der Waals surface area (Å²) in [6, 6.07) is 4.70. The first-order valence-electron chi connectivity index (χ1n) is 6.10. The van der Waals surface area contributed by atoms with Crippen LogP contribution >= 0.6 is 0 Å². The Bertz CT molecular complexity index is 469. The molecule has 20 heavy (non-hydrogen) atoms. The number of hydrogen-bond acceptors (Lipinski definition) is 8. The molecule has 1 aromatic rings. The Kier molecular flexibility index (Phi) is 4.43. The molecule has 2 rings (SSSR count). The van der Waals surface area contributed by atoms with Gasteiger partial charge in [0.1, 0.15) is 18.3 Å². The van der Waals surface area contributed by atoms with E-state index in [0.29, 0.717) is 0 Å². The normalized spacial score (nSPS) is 29.5. The van der Waals surface area contributed by atoms with Crippen molar-refractivity contribution in [3.05, 3.63) is 29.0 Å². The van der Waals surface area contributed by atoms with Crippen LogP contribution in [0.5, 0.6) is 0 Å². The Balaban J connectivity index is 2.18. The predicted molar refractivity (Wildman–Crippen MR) is 70.2 cm³/mol. The lowest BCUT2D eigenvalue weighted by atomic mass is 10.1. The highest BCUT2D eigenvalue weighted by Crippen LogP contribution is 2.29. The number of nitrogens with one attached hydrogen (secondary N) is 1. The predicted octanol–water partition coefficient (Wildman–Crippen LogP) is -0.461. The third kappa shape index (κ3) is 2.85. The Morgan fingerprint density at radius 3 is 2.60 bits per heavy atom. The number of anilines is 2. The van der Waals surface area contributed by atoms with Crippen molar-refractivity contribution in [3.63, 3.8) is 0 Å². The van der Waals surface area contributed by atoms with E-state index in [4.69, 9.17) is 15.1 Å². The third-order valence-electron chi connectivity index (χ3n) is 3.20. The lowest BCUT2D eigenvalue weighted by Crippen LogP contribution is -2.36. The molecular formula is C12H17N2O6-. The van der Waals surface area contributed by atoms with Gasteiger partial charge in [-0.1, -0.05) is 6.07 Å². The third-order valence-corrected chi connectivity index (χ3v) is 3.20. The van der Waals surface area contributed by atoms with Crippen molar-refractivity contribution in [1.29, 1.82) is 0 Å². The second kappa shape index (κ2) is 5.92. The second-order valence-electron chi connectivity index (χ2n) is 4.70. The zero-order valence-electron chi connectivity index (χ0n) is 10.8. The van der Waals surface area contributed by atoms with Crippen LogP contribution in [0.15, 0.2) is 18.2 Å². The topological polar surface area (TPSA) is 128 Å². The molecule has 1 heterocycles. The number of benzene rings is 1. The standard InChI is InChI=1S/C12H17N2O6/c1-6-2-3-7(8(4-6)14(18)19)13-12-11(17)10(16)9(5-15)20-12/h2-4,9-13,15-18H,5H2,1H3/q-1/t9-,10-,11-,12+/m1/s1. The van der Waals surface area contributed by atoms with Crippen molar-refractivity contribution in [3.8, 4) is 0 Å². The molecule has 112 valence electrons. The molecule has 8 heteroatoms. The van der Waals surface area contributed by atoms with Crippen molar-refractivity contribution in [2.75, 3.05) is 17.2 Å². The first-order chi connectivity index (χ1) is 9.43. The molecule has 0 radical (unpaired) electrons. The van der Waals surface area contributed by atoms with E-state index < -0.39 is 31.1 Å². The zero-order valence-corrected chi connectivity index (χ0v) is 10.8. The minimum absolute atomic E-state index is 0.0391. The van der Waals surface area contributed by atoms with E-state index in [1.807, 2.05) is 0 Å². The number of nitrogens with zero attached hydrogens (tertiary/aromatic N) is 1. The fourth-order valence-electron chi connectivity index (χ4n) is 2.09. The van der Waals surface area contributed by atoms with E-state index in [-0.39, 0.29) is 16.6 Å². The van der Waals surface area contributed by atoms with Crippen LogP contribution in [0.25, 0.3) is 0 Å². The minimum atomic E-state index is -1.26. The molecule has 0 aromatic heterocycles. The number of aryl methyl sites for hydroxylation is 1. The minimum Gasteiger partial charge on any atom is -0.733 e. The van der Waals surface area contributed by atoms with Crippen LogP contribution in [0.2, 0.25) is 0 Å². The first kappa shape index (κ1) is 15.0.